The first-order valence-corrected chi connectivity index (χ1v) is 11.0. The maximum absolute atomic E-state index is 13.5. The molecule has 1 nitrogen and oxygen atoms in total. The van der Waals surface area contributed by atoms with Crippen molar-refractivity contribution >= 4 is 22.5 Å². The Morgan fingerprint density at radius 2 is 0.969 bits per heavy atom. The fraction of sp³-hybridized carbons (Fsp3) is 0.0645. The molecule has 1 heteroatoms. The van der Waals surface area contributed by atoms with E-state index in [1.165, 1.54) is 11.1 Å². The predicted molar refractivity (Wildman–Crippen MR) is 133 cm³/mol. The van der Waals surface area contributed by atoms with Gasteiger partial charge in [-0.15, -0.1) is 0 Å². The molecule has 0 saturated carbocycles. The van der Waals surface area contributed by atoms with Crippen molar-refractivity contribution in [1.82, 2.24) is 0 Å². The zero-order chi connectivity index (χ0) is 21.8. The van der Waals surface area contributed by atoms with E-state index in [1.54, 1.807) is 0 Å². The van der Waals surface area contributed by atoms with Crippen LogP contribution in [0.15, 0.2) is 121 Å². The van der Waals surface area contributed by atoms with Gasteiger partial charge in [0.25, 0.3) is 0 Å². The van der Waals surface area contributed by atoms with Gasteiger partial charge < -0.3 is 0 Å². The molecule has 0 spiro atoms. The fourth-order valence-electron chi connectivity index (χ4n) is 4.27. The van der Waals surface area contributed by atoms with Crippen LogP contribution in [0.25, 0.3) is 16.7 Å². The van der Waals surface area contributed by atoms with Gasteiger partial charge in [0.2, 0.25) is 0 Å². The van der Waals surface area contributed by atoms with E-state index in [-0.39, 0.29) is 5.78 Å². The van der Waals surface area contributed by atoms with Gasteiger partial charge in [-0.2, -0.15) is 0 Å². The summed E-state index contributed by atoms with van der Waals surface area (Å²) in [4.78, 5) is 13.5. The van der Waals surface area contributed by atoms with Crippen molar-refractivity contribution in [3.63, 3.8) is 0 Å². The molecular weight excluding hydrogens is 388 g/mol. The highest BCUT2D eigenvalue weighted by Crippen LogP contribution is 2.40. The number of ketones is 1. The van der Waals surface area contributed by atoms with E-state index >= 15 is 0 Å². The van der Waals surface area contributed by atoms with Gasteiger partial charge in [-0.05, 0) is 52.3 Å². The molecule has 0 amide bonds. The Balaban J connectivity index is 1.48. The molecule has 4 aromatic rings. The minimum absolute atomic E-state index is 0.0885. The lowest BCUT2D eigenvalue weighted by Gasteiger charge is -2.09. The number of carbonyl (C=O) groups is 1. The van der Waals surface area contributed by atoms with E-state index < -0.39 is 0 Å². The summed E-state index contributed by atoms with van der Waals surface area (Å²) in [6.07, 6.45) is 4.08. The Bertz CT molecular complexity index is 1280. The number of carbonyl (C=O) groups excluding carboxylic acids is 1. The Morgan fingerprint density at radius 3 is 1.56 bits per heavy atom. The van der Waals surface area contributed by atoms with Gasteiger partial charge in [0.1, 0.15) is 0 Å². The summed E-state index contributed by atoms with van der Waals surface area (Å²) in [5.74, 6) is 0.0885. The first-order chi connectivity index (χ1) is 15.8. The summed E-state index contributed by atoms with van der Waals surface area (Å²) in [5.41, 5.74) is 8.18. The molecule has 4 aromatic carbocycles. The fourth-order valence-corrected chi connectivity index (χ4v) is 4.27. The molecule has 5 rings (SSSR count). The second kappa shape index (κ2) is 9.03. The van der Waals surface area contributed by atoms with Gasteiger partial charge >= 0.3 is 0 Å². The number of Topliss-reactive ketones (excluding diaryl/α,β-unsaturated/α-hetero) is 1. The van der Waals surface area contributed by atoms with Crippen molar-refractivity contribution in [2.75, 3.05) is 0 Å². The number of rotatable bonds is 6. The normalized spacial score (nSPS) is 13.4. The summed E-state index contributed by atoms with van der Waals surface area (Å²) in [6.45, 7) is 0. The van der Waals surface area contributed by atoms with Crippen LogP contribution in [0.1, 0.15) is 27.8 Å². The van der Waals surface area contributed by atoms with E-state index in [0.29, 0.717) is 0 Å². The van der Waals surface area contributed by atoms with E-state index in [2.05, 4.69) is 60.7 Å². The maximum Gasteiger partial charge on any atom is 0.194 e. The number of aryl methyl sites for hydroxylation is 2. The van der Waals surface area contributed by atoms with Crippen molar-refractivity contribution in [2.45, 2.75) is 12.8 Å². The zero-order valence-electron chi connectivity index (χ0n) is 17.9. The minimum atomic E-state index is 0.0885. The first kappa shape index (κ1) is 20.0. The van der Waals surface area contributed by atoms with E-state index in [4.69, 9.17) is 0 Å². The molecular formula is C31H24O. The van der Waals surface area contributed by atoms with Crippen molar-refractivity contribution in [3.05, 3.63) is 149 Å². The van der Waals surface area contributed by atoms with Crippen molar-refractivity contribution < 1.29 is 4.79 Å². The lowest BCUT2D eigenvalue weighted by atomic mass is 9.94. The van der Waals surface area contributed by atoms with Crippen LogP contribution in [-0.2, 0) is 17.6 Å². The summed E-state index contributed by atoms with van der Waals surface area (Å²) in [7, 11) is 0. The zero-order valence-corrected chi connectivity index (χ0v) is 17.9. The molecule has 0 fully saturated rings. The summed E-state index contributed by atoms with van der Waals surface area (Å²) in [5, 5.41) is 0. The Labute approximate surface area is 189 Å². The largest absolute Gasteiger partial charge is 0.289 e. The van der Waals surface area contributed by atoms with Crippen LogP contribution in [0.2, 0.25) is 0 Å². The molecule has 1 aliphatic carbocycles. The van der Waals surface area contributed by atoms with E-state index in [1.807, 2.05) is 60.7 Å². The molecule has 0 aromatic heterocycles. The van der Waals surface area contributed by atoms with Gasteiger partial charge in [-0.3, -0.25) is 4.79 Å². The highest BCUT2D eigenvalue weighted by Gasteiger charge is 2.28. The number of benzene rings is 4. The van der Waals surface area contributed by atoms with Crippen molar-refractivity contribution in [1.29, 1.82) is 0 Å². The number of hydrogen-bond donors (Lipinski definition) is 0. The lowest BCUT2D eigenvalue weighted by molar-refractivity contribution is -0.108. The first-order valence-electron chi connectivity index (χ1n) is 11.0. The molecule has 0 aliphatic heterocycles. The van der Waals surface area contributed by atoms with Crippen LogP contribution in [0.4, 0.5) is 0 Å². The van der Waals surface area contributed by atoms with Gasteiger partial charge in [-0.25, -0.2) is 0 Å². The van der Waals surface area contributed by atoms with E-state index in [0.717, 1.165) is 46.3 Å². The summed E-state index contributed by atoms with van der Waals surface area (Å²) in [6, 6.07) is 39.2. The molecule has 0 atom stereocenters. The molecule has 32 heavy (non-hydrogen) atoms. The highest BCUT2D eigenvalue weighted by atomic mass is 16.1. The molecule has 0 unspecified atom stereocenters. The second-order valence-electron chi connectivity index (χ2n) is 8.09. The molecule has 0 radical (unpaired) electrons. The molecule has 0 bridgehead atoms. The van der Waals surface area contributed by atoms with Crippen LogP contribution in [0.5, 0.6) is 0 Å². The summed E-state index contributed by atoms with van der Waals surface area (Å²) < 4.78 is 0. The van der Waals surface area contributed by atoms with Crippen molar-refractivity contribution in [2.24, 2.45) is 0 Å². The highest BCUT2D eigenvalue weighted by molar-refractivity contribution is 6.51. The van der Waals surface area contributed by atoms with Gasteiger partial charge in [0.05, 0.1) is 0 Å². The Hall–Kier alpha value is -3.97. The maximum atomic E-state index is 13.5. The summed E-state index contributed by atoms with van der Waals surface area (Å²) >= 11 is 0. The standard InChI is InChI=1S/C31H24O/c32-31-29(25-12-6-2-7-13-25)22-28(30(31)27-14-8-3-9-15-27)26-20-18-24(19-21-26)17-16-23-10-4-1-5-11-23/h1-15,18-22H,16-17H2. The second-order valence-corrected chi connectivity index (χ2v) is 8.09. The van der Waals surface area contributed by atoms with Crippen LogP contribution in [0.3, 0.4) is 0 Å². The number of hydrogen-bond acceptors (Lipinski definition) is 1. The molecule has 0 heterocycles. The average molecular weight is 413 g/mol. The van der Waals surface area contributed by atoms with Gasteiger partial charge in [0, 0.05) is 11.1 Å². The molecule has 0 N–H and O–H groups in total. The van der Waals surface area contributed by atoms with Crippen LogP contribution in [0, 0.1) is 0 Å². The molecule has 0 saturated heterocycles. The topological polar surface area (TPSA) is 17.1 Å². The third kappa shape index (κ3) is 4.10. The predicted octanol–water partition coefficient (Wildman–Crippen LogP) is 7.05. The van der Waals surface area contributed by atoms with Crippen molar-refractivity contribution in [3.8, 4) is 0 Å². The third-order valence-corrected chi connectivity index (χ3v) is 5.99. The van der Waals surface area contributed by atoms with Gasteiger partial charge in [-0.1, -0.05) is 115 Å². The molecule has 1 aliphatic rings. The van der Waals surface area contributed by atoms with Crippen LogP contribution in [-0.4, -0.2) is 5.78 Å². The monoisotopic (exact) mass is 412 g/mol. The lowest BCUT2D eigenvalue weighted by Crippen LogP contribution is -2.01. The number of allylic oxidation sites excluding steroid dienone is 4. The Kier molecular flexibility index (Phi) is 5.63. The molecule has 154 valence electrons. The van der Waals surface area contributed by atoms with Gasteiger partial charge in [0.15, 0.2) is 5.78 Å². The van der Waals surface area contributed by atoms with E-state index in [9.17, 15) is 4.79 Å². The third-order valence-electron chi connectivity index (χ3n) is 5.99. The Morgan fingerprint density at radius 1 is 0.469 bits per heavy atom. The SMILES string of the molecule is O=C1C(c2ccccc2)=CC(c2ccc(CCc3ccccc3)cc2)=C1c1ccccc1. The smallest absolute Gasteiger partial charge is 0.194 e. The van der Waals surface area contributed by atoms with Crippen LogP contribution >= 0.6 is 0 Å². The van der Waals surface area contributed by atoms with Crippen LogP contribution < -0.4 is 0 Å². The average Bonchev–Trinajstić information content (AvgIpc) is 3.22. The quantitative estimate of drug-likeness (QED) is 0.332. The minimum Gasteiger partial charge on any atom is -0.289 e.